The fraction of sp³-hybridized carbons (Fsp3) is 0.600. The first-order valence-electron chi connectivity index (χ1n) is 2.74. The molecule has 0 bridgehead atoms. The van der Waals surface area contributed by atoms with E-state index in [1.54, 1.807) is 6.08 Å². The van der Waals surface area contributed by atoms with Gasteiger partial charge in [-0.2, -0.15) is 0 Å². The zero-order valence-corrected chi connectivity index (χ0v) is 7.48. The maximum Gasteiger partial charge on any atom is 0.258 e. The number of ether oxygens (including phenoxy) is 1. The molecule has 0 radical (unpaired) electrons. The topological polar surface area (TPSA) is 18.5 Å². The van der Waals surface area contributed by atoms with E-state index in [0.717, 1.165) is 0 Å². The third-order valence-electron chi connectivity index (χ3n) is 0.685. The number of hydrogen-bond donors (Lipinski definition) is 0. The first-order chi connectivity index (χ1) is 4.41. The molecule has 0 N–H and O–H groups in total. The van der Waals surface area contributed by atoms with Gasteiger partial charge in [-0.05, 0) is 0 Å². The van der Waals surface area contributed by atoms with Crippen LogP contribution >= 0.6 is 11.1 Å². The van der Waals surface area contributed by atoms with Crippen molar-refractivity contribution in [1.82, 2.24) is 0 Å². The Labute approximate surface area is 62.4 Å². The number of halogens is 1. The molecule has 0 aromatic rings. The normalized spacial score (nSPS) is 10.8. The molecule has 0 aliphatic heterocycles. The minimum Gasteiger partial charge on any atom is -0.406 e. The van der Waals surface area contributed by atoms with Gasteiger partial charge in [0.25, 0.3) is 9.07 Å². The molecule has 0 fully saturated rings. The van der Waals surface area contributed by atoms with Crippen LogP contribution in [0.3, 0.4) is 0 Å². The summed E-state index contributed by atoms with van der Waals surface area (Å²) in [7, 11) is -0.754. The van der Waals surface area contributed by atoms with E-state index in [4.69, 9.17) is 20.2 Å². The van der Waals surface area contributed by atoms with Crippen molar-refractivity contribution < 1.29 is 9.16 Å². The Bertz CT molecular complexity index is 70.0. The average molecular weight is 167 g/mol. The summed E-state index contributed by atoms with van der Waals surface area (Å²) in [5, 5.41) is 0. The molecule has 9 heavy (non-hydrogen) atoms. The molecule has 0 aliphatic carbocycles. The molecule has 0 spiro atoms. The number of rotatable bonds is 6. The van der Waals surface area contributed by atoms with Crippen molar-refractivity contribution in [3.63, 3.8) is 0 Å². The zero-order chi connectivity index (χ0) is 6.95. The first-order valence-corrected chi connectivity index (χ1v) is 5.45. The maximum atomic E-state index is 5.36. The van der Waals surface area contributed by atoms with Gasteiger partial charge in [0.05, 0.1) is 19.8 Å². The van der Waals surface area contributed by atoms with Crippen LogP contribution in [0.4, 0.5) is 0 Å². The Hall–Kier alpha value is 0.167. The molecule has 0 rings (SSSR count). The van der Waals surface area contributed by atoms with Crippen LogP contribution in [0.15, 0.2) is 12.7 Å². The van der Waals surface area contributed by atoms with E-state index < -0.39 is 9.07 Å². The maximum absolute atomic E-state index is 5.36. The molecule has 0 aromatic carbocycles. The van der Waals surface area contributed by atoms with Crippen LogP contribution in [0, 0.1) is 0 Å². The highest BCUT2D eigenvalue weighted by Gasteiger charge is 1.83. The summed E-state index contributed by atoms with van der Waals surface area (Å²) < 4.78 is 9.93. The van der Waals surface area contributed by atoms with E-state index in [-0.39, 0.29) is 0 Å². The summed E-state index contributed by atoms with van der Waals surface area (Å²) in [4.78, 5) is 0. The van der Waals surface area contributed by atoms with Gasteiger partial charge in [0.2, 0.25) is 0 Å². The molecular formula is C5H11ClO2Si. The summed E-state index contributed by atoms with van der Waals surface area (Å²) >= 11 is 5.36. The second kappa shape index (κ2) is 8.17. The third kappa shape index (κ3) is 8.17. The molecule has 0 aromatic heterocycles. The Morgan fingerprint density at radius 1 is 1.56 bits per heavy atom. The fourth-order valence-electron chi connectivity index (χ4n) is 0.339. The highest BCUT2D eigenvalue weighted by Crippen LogP contribution is 1.78. The smallest absolute Gasteiger partial charge is 0.258 e. The van der Waals surface area contributed by atoms with E-state index in [0.29, 0.717) is 19.8 Å². The summed E-state index contributed by atoms with van der Waals surface area (Å²) in [5.74, 6) is 0. The van der Waals surface area contributed by atoms with Crippen LogP contribution in [0.5, 0.6) is 0 Å². The minimum atomic E-state index is -0.754. The van der Waals surface area contributed by atoms with Gasteiger partial charge in [0.15, 0.2) is 0 Å². The van der Waals surface area contributed by atoms with Crippen molar-refractivity contribution >= 4 is 20.2 Å². The molecule has 2 nitrogen and oxygen atoms in total. The molecule has 0 saturated carbocycles. The van der Waals surface area contributed by atoms with Gasteiger partial charge in [-0.1, -0.05) is 6.08 Å². The van der Waals surface area contributed by atoms with Crippen LogP contribution in [-0.4, -0.2) is 28.9 Å². The van der Waals surface area contributed by atoms with E-state index in [2.05, 4.69) is 6.58 Å². The second-order valence-electron chi connectivity index (χ2n) is 1.38. The lowest BCUT2D eigenvalue weighted by Crippen LogP contribution is -2.04. The summed E-state index contributed by atoms with van der Waals surface area (Å²) in [5.41, 5.74) is 0. The molecular weight excluding hydrogens is 156 g/mol. The Balaban J connectivity index is 2.66. The minimum absolute atomic E-state index is 0.590. The van der Waals surface area contributed by atoms with E-state index in [1.165, 1.54) is 0 Å². The standard InChI is InChI=1S/C5H11ClO2Si/c1-2-3-7-4-5-8-9-6/h2H,1,3-5,9H2. The van der Waals surface area contributed by atoms with E-state index in [9.17, 15) is 0 Å². The molecule has 0 atom stereocenters. The molecule has 0 heterocycles. The lowest BCUT2D eigenvalue weighted by molar-refractivity contribution is 0.124. The lowest BCUT2D eigenvalue weighted by atomic mass is 10.7. The van der Waals surface area contributed by atoms with Gasteiger partial charge >= 0.3 is 0 Å². The van der Waals surface area contributed by atoms with Gasteiger partial charge in [0, 0.05) is 0 Å². The van der Waals surface area contributed by atoms with Crippen LogP contribution in [0.1, 0.15) is 0 Å². The van der Waals surface area contributed by atoms with Gasteiger partial charge in [-0.15, -0.1) is 17.7 Å². The zero-order valence-electron chi connectivity index (χ0n) is 5.31. The Kier molecular flexibility index (Phi) is 8.32. The molecule has 0 unspecified atom stereocenters. The monoisotopic (exact) mass is 166 g/mol. The fourth-order valence-corrected chi connectivity index (χ4v) is 0.893. The summed E-state index contributed by atoms with van der Waals surface area (Å²) in [6.07, 6.45) is 1.71. The highest BCUT2D eigenvalue weighted by atomic mass is 35.6. The first kappa shape index (κ1) is 9.17. The highest BCUT2D eigenvalue weighted by molar-refractivity contribution is 6.89. The van der Waals surface area contributed by atoms with Crippen molar-refractivity contribution in [3.05, 3.63) is 12.7 Å². The van der Waals surface area contributed by atoms with Gasteiger partial charge in [0.1, 0.15) is 0 Å². The SMILES string of the molecule is C=CCOCCO[SiH2]Cl. The van der Waals surface area contributed by atoms with E-state index in [1.807, 2.05) is 0 Å². The molecule has 54 valence electrons. The van der Waals surface area contributed by atoms with Gasteiger partial charge in [-0.25, -0.2) is 0 Å². The summed E-state index contributed by atoms with van der Waals surface area (Å²) in [6.45, 7) is 5.32. The summed E-state index contributed by atoms with van der Waals surface area (Å²) in [6, 6.07) is 0. The molecule has 0 amide bonds. The lowest BCUT2D eigenvalue weighted by Gasteiger charge is -1.98. The van der Waals surface area contributed by atoms with Crippen LogP contribution in [-0.2, 0) is 9.16 Å². The molecule has 4 heteroatoms. The average Bonchev–Trinajstić information content (AvgIpc) is 1.89. The molecule has 0 saturated heterocycles. The Morgan fingerprint density at radius 2 is 2.33 bits per heavy atom. The molecule has 0 aliphatic rings. The van der Waals surface area contributed by atoms with Crippen LogP contribution in [0.25, 0.3) is 0 Å². The Morgan fingerprint density at radius 3 is 2.89 bits per heavy atom. The van der Waals surface area contributed by atoms with E-state index >= 15 is 0 Å². The van der Waals surface area contributed by atoms with Crippen molar-refractivity contribution in [3.8, 4) is 0 Å². The van der Waals surface area contributed by atoms with Crippen LogP contribution in [0.2, 0.25) is 0 Å². The quantitative estimate of drug-likeness (QED) is 0.247. The third-order valence-corrected chi connectivity index (χ3v) is 1.59. The van der Waals surface area contributed by atoms with Gasteiger partial charge in [-0.3, -0.25) is 0 Å². The van der Waals surface area contributed by atoms with Crippen molar-refractivity contribution in [2.24, 2.45) is 0 Å². The van der Waals surface area contributed by atoms with Crippen molar-refractivity contribution in [1.29, 1.82) is 0 Å². The van der Waals surface area contributed by atoms with Crippen molar-refractivity contribution in [2.75, 3.05) is 19.8 Å². The second-order valence-corrected chi connectivity index (χ2v) is 2.66. The predicted octanol–water partition coefficient (Wildman–Crippen LogP) is 0.443. The predicted molar refractivity (Wildman–Crippen MR) is 41.4 cm³/mol. The van der Waals surface area contributed by atoms with Crippen LogP contribution < -0.4 is 0 Å². The van der Waals surface area contributed by atoms with Gasteiger partial charge < -0.3 is 9.16 Å². The van der Waals surface area contributed by atoms with Crippen molar-refractivity contribution in [2.45, 2.75) is 0 Å². The largest absolute Gasteiger partial charge is 0.406 e. The number of hydrogen-bond acceptors (Lipinski definition) is 2.